The summed E-state index contributed by atoms with van der Waals surface area (Å²) in [6, 6.07) is 6.87. The van der Waals surface area contributed by atoms with Gasteiger partial charge < -0.3 is 5.32 Å². The third-order valence-corrected chi connectivity index (χ3v) is 3.54. The lowest BCUT2D eigenvalue weighted by molar-refractivity contribution is 0.487. The van der Waals surface area contributed by atoms with Crippen LogP contribution in [0.1, 0.15) is 50.7 Å². The average Bonchev–Trinajstić information content (AvgIpc) is 2.31. The van der Waals surface area contributed by atoms with Gasteiger partial charge in [0.05, 0.1) is 0 Å². The fourth-order valence-corrected chi connectivity index (χ4v) is 2.04. The molecule has 96 valence electrons. The number of hydrogen-bond donors (Lipinski definition) is 1. The highest BCUT2D eigenvalue weighted by Crippen LogP contribution is 2.16. The minimum Gasteiger partial charge on any atom is -0.310 e. The van der Waals surface area contributed by atoms with E-state index in [2.05, 4.69) is 37.4 Å². The van der Waals surface area contributed by atoms with Crippen LogP contribution in [0.15, 0.2) is 18.2 Å². The Bertz CT molecular complexity index is 336. The largest absolute Gasteiger partial charge is 0.310 e. The standard InChI is InChI=1S/C15H24ClN/c1-4-5-6-7-13(3)17-11-14-9-8-12(2)15(16)10-14/h8-10,13,17H,4-7,11H2,1-3H3. The highest BCUT2D eigenvalue weighted by Gasteiger charge is 2.02. The molecule has 1 nitrogen and oxygen atoms in total. The van der Waals surface area contributed by atoms with Crippen molar-refractivity contribution >= 4 is 11.6 Å². The highest BCUT2D eigenvalue weighted by molar-refractivity contribution is 6.31. The summed E-state index contributed by atoms with van der Waals surface area (Å²) in [7, 11) is 0. The van der Waals surface area contributed by atoms with Gasteiger partial charge >= 0.3 is 0 Å². The van der Waals surface area contributed by atoms with Gasteiger partial charge in [0.1, 0.15) is 0 Å². The number of unbranched alkanes of at least 4 members (excludes halogenated alkanes) is 2. The molecular weight excluding hydrogens is 230 g/mol. The van der Waals surface area contributed by atoms with Crippen LogP contribution in [0.3, 0.4) is 0 Å². The molecule has 0 radical (unpaired) electrons. The normalized spacial score (nSPS) is 12.7. The molecule has 17 heavy (non-hydrogen) atoms. The summed E-state index contributed by atoms with van der Waals surface area (Å²) < 4.78 is 0. The second-order valence-corrected chi connectivity index (χ2v) is 5.27. The average molecular weight is 254 g/mol. The molecule has 2 heteroatoms. The van der Waals surface area contributed by atoms with Crippen molar-refractivity contribution in [2.24, 2.45) is 0 Å². The molecule has 1 rings (SSSR count). The van der Waals surface area contributed by atoms with E-state index in [9.17, 15) is 0 Å². The van der Waals surface area contributed by atoms with Crippen LogP contribution in [0.2, 0.25) is 5.02 Å². The molecule has 0 saturated carbocycles. The molecule has 0 spiro atoms. The molecule has 0 amide bonds. The number of rotatable bonds is 7. The molecule has 0 aliphatic carbocycles. The molecule has 0 fully saturated rings. The third kappa shape index (κ3) is 5.56. The quantitative estimate of drug-likeness (QED) is 0.694. The summed E-state index contributed by atoms with van der Waals surface area (Å²) in [6.07, 6.45) is 5.20. The molecule has 1 aromatic rings. The van der Waals surface area contributed by atoms with Gasteiger partial charge in [0.25, 0.3) is 0 Å². The topological polar surface area (TPSA) is 12.0 Å². The van der Waals surface area contributed by atoms with Crippen molar-refractivity contribution in [3.05, 3.63) is 34.3 Å². The molecule has 0 saturated heterocycles. The Morgan fingerprint density at radius 2 is 2.06 bits per heavy atom. The Kier molecular flexibility index (Phi) is 6.61. The van der Waals surface area contributed by atoms with Crippen LogP contribution in [0.4, 0.5) is 0 Å². The Morgan fingerprint density at radius 3 is 2.71 bits per heavy atom. The molecule has 0 aliphatic rings. The zero-order valence-corrected chi connectivity index (χ0v) is 12.0. The maximum Gasteiger partial charge on any atom is 0.0438 e. The number of aryl methyl sites for hydroxylation is 1. The fraction of sp³-hybridized carbons (Fsp3) is 0.600. The van der Waals surface area contributed by atoms with Crippen LogP contribution in [-0.2, 0) is 6.54 Å². The first kappa shape index (κ1) is 14.5. The van der Waals surface area contributed by atoms with Crippen molar-refractivity contribution in [3.63, 3.8) is 0 Å². The number of halogens is 1. The van der Waals surface area contributed by atoms with Gasteiger partial charge in [0.15, 0.2) is 0 Å². The lowest BCUT2D eigenvalue weighted by atomic mass is 10.1. The van der Waals surface area contributed by atoms with Crippen LogP contribution in [0.5, 0.6) is 0 Å². The number of hydrogen-bond acceptors (Lipinski definition) is 1. The maximum absolute atomic E-state index is 6.10. The van der Waals surface area contributed by atoms with E-state index in [1.807, 2.05) is 6.92 Å². The van der Waals surface area contributed by atoms with Gasteiger partial charge in [-0.25, -0.2) is 0 Å². The fourth-order valence-electron chi connectivity index (χ4n) is 1.84. The van der Waals surface area contributed by atoms with Crippen LogP contribution in [0, 0.1) is 6.92 Å². The van der Waals surface area contributed by atoms with Crippen molar-refractivity contribution in [2.75, 3.05) is 0 Å². The minimum atomic E-state index is 0.585. The van der Waals surface area contributed by atoms with E-state index in [0.717, 1.165) is 17.1 Å². The lowest BCUT2D eigenvalue weighted by Gasteiger charge is -2.14. The smallest absolute Gasteiger partial charge is 0.0438 e. The molecule has 0 heterocycles. The SMILES string of the molecule is CCCCCC(C)NCc1ccc(C)c(Cl)c1. The first-order valence-electron chi connectivity index (χ1n) is 6.62. The maximum atomic E-state index is 6.10. The zero-order valence-electron chi connectivity index (χ0n) is 11.2. The molecule has 1 aromatic carbocycles. The van der Waals surface area contributed by atoms with E-state index in [4.69, 9.17) is 11.6 Å². The monoisotopic (exact) mass is 253 g/mol. The molecule has 1 atom stereocenters. The van der Waals surface area contributed by atoms with Gasteiger partial charge in [-0.2, -0.15) is 0 Å². The molecule has 1 N–H and O–H groups in total. The molecule has 0 aliphatic heterocycles. The second kappa shape index (κ2) is 7.73. The van der Waals surface area contributed by atoms with Crippen molar-refractivity contribution in [2.45, 2.75) is 59.0 Å². The van der Waals surface area contributed by atoms with Crippen molar-refractivity contribution < 1.29 is 0 Å². The van der Waals surface area contributed by atoms with E-state index in [0.29, 0.717) is 6.04 Å². The second-order valence-electron chi connectivity index (χ2n) is 4.86. The zero-order chi connectivity index (χ0) is 12.7. The van der Waals surface area contributed by atoms with Crippen molar-refractivity contribution in [3.8, 4) is 0 Å². The predicted octanol–water partition coefficient (Wildman–Crippen LogP) is 4.71. The molecule has 0 aromatic heterocycles. The number of nitrogens with one attached hydrogen (secondary N) is 1. The summed E-state index contributed by atoms with van der Waals surface area (Å²) in [5, 5.41) is 4.41. The van der Waals surface area contributed by atoms with E-state index in [1.165, 1.54) is 31.2 Å². The van der Waals surface area contributed by atoms with E-state index in [-0.39, 0.29) is 0 Å². The van der Waals surface area contributed by atoms with Crippen LogP contribution in [0.25, 0.3) is 0 Å². The van der Waals surface area contributed by atoms with E-state index < -0.39 is 0 Å². The molecule has 1 unspecified atom stereocenters. The van der Waals surface area contributed by atoms with Crippen LogP contribution in [-0.4, -0.2) is 6.04 Å². The van der Waals surface area contributed by atoms with Crippen molar-refractivity contribution in [1.29, 1.82) is 0 Å². The van der Waals surface area contributed by atoms with Crippen LogP contribution >= 0.6 is 11.6 Å². The Morgan fingerprint density at radius 1 is 1.29 bits per heavy atom. The van der Waals surface area contributed by atoms with E-state index >= 15 is 0 Å². The Labute approximate surface area is 111 Å². The summed E-state index contributed by atoms with van der Waals surface area (Å²) in [4.78, 5) is 0. The summed E-state index contributed by atoms with van der Waals surface area (Å²) in [6.45, 7) is 7.44. The minimum absolute atomic E-state index is 0.585. The summed E-state index contributed by atoms with van der Waals surface area (Å²) in [5.41, 5.74) is 2.41. The molecule has 0 bridgehead atoms. The van der Waals surface area contributed by atoms with Gasteiger partial charge in [-0.1, -0.05) is 49.9 Å². The van der Waals surface area contributed by atoms with E-state index in [1.54, 1.807) is 0 Å². The Balaban J connectivity index is 2.31. The number of benzene rings is 1. The van der Waals surface area contributed by atoms with Crippen molar-refractivity contribution in [1.82, 2.24) is 5.32 Å². The van der Waals surface area contributed by atoms with Gasteiger partial charge in [0.2, 0.25) is 0 Å². The highest BCUT2D eigenvalue weighted by atomic mass is 35.5. The lowest BCUT2D eigenvalue weighted by Crippen LogP contribution is -2.25. The van der Waals surface area contributed by atoms with Gasteiger partial charge in [0, 0.05) is 17.6 Å². The first-order valence-corrected chi connectivity index (χ1v) is 6.99. The first-order chi connectivity index (χ1) is 8.13. The summed E-state index contributed by atoms with van der Waals surface area (Å²) >= 11 is 6.10. The molecular formula is C15H24ClN. The third-order valence-electron chi connectivity index (χ3n) is 3.13. The van der Waals surface area contributed by atoms with Gasteiger partial charge in [-0.05, 0) is 37.5 Å². The predicted molar refractivity (Wildman–Crippen MR) is 76.6 cm³/mol. The van der Waals surface area contributed by atoms with Crippen LogP contribution < -0.4 is 5.32 Å². The van der Waals surface area contributed by atoms with Gasteiger partial charge in [-0.3, -0.25) is 0 Å². The Hall–Kier alpha value is -0.530. The summed E-state index contributed by atoms with van der Waals surface area (Å²) in [5.74, 6) is 0. The van der Waals surface area contributed by atoms with Gasteiger partial charge in [-0.15, -0.1) is 0 Å².